The Labute approximate surface area is 150 Å². The quantitative estimate of drug-likeness (QED) is 0.532. The molecule has 4 atom stereocenters. The molecular weight excluding hydrogens is 368 g/mol. The number of hydrogen-bond acceptors (Lipinski definition) is 8. The van der Waals surface area contributed by atoms with E-state index < -0.39 is 58.5 Å². The fraction of sp³-hybridized carbons (Fsp3) is 0.375. The molecule has 0 spiro atoms. The van der Waals surface area contributed by atoms with Gasteiger partial charge in [-0.1, -0.05) is 0 Å². The van der Waals surface area contributed by atoms with Gasteiger partial charge in [0.15, 0.2) is 11.6 Å². The van der Waals surface area contributed by atoms with Crippen LogP contribution in [0.3, 0.4) is 0 Å². The van der Waals surface area contributed by atoms with E-state index in [4.69, 9.17) is 13.5 Å². The summed E-state index contributed by atoms with van der Waals surface area (Å²) in [5, 5.41) is 31.1. The number of carbonyl (C=O) groups excluding carboxylic acids is 2. The number of ether oxygens (including phenoxy) is 1. The highest BCUT2D eigenvalue weighted by Gasteiger charge is 2.52. The third-order valence-corrected chi connectivity index (χ3v) is 5.15. The van der Waals surface area contributed by atoms with Crippen LogP contribution in [0.2, 0.25) is 0 Å². The summed E-state index contributed by atoms with van der Waals surface area (Å²) in [5.41, 5.74) is -3.06. The van der Waals surface area contributed by atoms with Gasteiger partial charge in [0.2, 0.25) is 0 Å². The molecule has 9 nitrogen and oxygen atoms in total. The SMILES string of the molecule is COc1cc(O)c2c(c1)C(=O)C1=C(C2=O)[C@@H](O)C[C@@](C)(OS(=O)O)C1O. The molecule has 10 heteroatoms. The molecule has 0 heterocycles. The number of fused-ring (bicyclic) bond motifs is 1. The Morgan fingerprint density at radius 2 is 1.85 bits per heavy atom. The number of benzene rings is 1. The second-order valence-corrected chi connectivity index (χ2v) is 6.89. The average molecular weight is 384 g/mol. The summed E-state index contributed by atoms with van der Waals surface area (Å²) in [7, 11) is 1.31. The van der Waals surface area contributed by atoms with E-state index in [1.165, 1.54) is 20.1 Å². The van der Waals surface area contributed by atoms with Gasteiger partial charge in [-0.3, -0.25) is 18.3 Å². The molecule has 1 aromatic rings. The number of methoxy groups -OCH3 is 1. The fourth-order valence-corrected chi connectivity index (χ4v) is 3.89. The van der Waals surface area contributed by atoms with Gasteiger partial charge in [0.25, 0.3) is 0 Å². The van der Waals surface area contributed by atoms with Gasteiger partial charge in [-0.05, 0) is 13.0 Å². The molecule has 2 aliphatic carbocycles. The van der Waals surface area contributed by atoms with Gasteiger partial charge in [-0.2, -0.15) is 4.21 Å². The van der Waals surface area contributed by atoms with Crippen molar-refractivity contribution in [3.8, 4) is 11.5 Å². The van der Waals surface area contributed by atoms with E-state index in [9.17, 15) is 29.1 Å². The molecule has 3 rings (SSSR count). The maximum absolute atomic E-state index is 12.9. The molecule has 0 fully saturated rings. The minimum atomic E-state index is -2.77. The topological polar surface area (TPSA) is 151 Å². The monoisotopic (exact) mass is 384 g/mol. The lowest BCUT2D eigenvalue weighted by Gasteiger charge is -2.41. The zero-order chi connectivity index (χ0) is 19.4. The molecule has 2 aliphatic rings. The molecule has 0 aromatic heterocycles. The van der Waals surface area contributed by atoms with E-state index in [1.54, 1.807) is 0 Å². The van der Waals surface area contributed by atoms with Crippen molar-refractivity contribution >= 4 is 22.9 Å². The predicted octanol–water partition coefficient (Wildman–Crippen LogP) is 0.114. The largest absolute Gasteiger partial charge is 0.507 e. The Balaban J connectivity index is 2.20. The van der Waals surface area contributed by atoms with Crippen LogP contribution in [-0.2, 0) is 15.5 Å². The lowest BCUT2D eigenvalue weighted by Crippen LogP contribution is -2.54. The summed E-state index contributed by atoms with van der Waals surface area (Å²) in [5.74, 6) is -2.00. The first-order chi connectivity index (χ1) is 12.1. The van der Waals surface area contributed by atoms with Crippen LogP contribution < -0.4 is 4.74 Å². The molecule has 1 aromatic carbocycles. The molecule has 140 valence electrons. The zero-order valence-electron chi connectivity index (χ0n) is 13.8. The summed E-state index contributed by atoms with van der Waals surface area (Å²) >= 11 is -2.77. The van der Waals surface area contributed by atoms with Crippen molar-refractivity contribution < 1.29 is 42.6 Å². The van der Waals surface area contributed by atoms with Gasteiger partial charge in [-0.15, -0.1) is 0 Å². The maximum Gasteiger partial charge on any atom is 0.302 e. The summed E-state index contributed by atoms with van der Waals surface area (Å²) in [6, 6.07) is 2.39. The van der Waals surface area contributed by atoms with Crippen molar-refractivity contribution in [1.29, 1.82) is 0 Å². The Morgan fingerprint density at radius 3 is 2.42 bits per heavy atom. The number of hydrogen-bond donors (Lipinski definition) is 4. The maximum atomic E-state index is 12.9. The van der Waals surface area contributed by atoms with Crippen LogP contribution in [0.15, 0.2) is 23.3 Å². The number of aliphatic hydroxyl groups is 2. The minimum absolute atomic E-state index is 0.118. The third kappa shape index (κ3) is 2.66. The van der Waals surface area contributed by atoms with Crippen molar-refractivity contribution in [2.24, 2.45) is 0 Å². The molecule has 0 bridgehead atoms. The molecule has 2 unspecified atom stereocenters. The zero-order valence-corrected chi connectivity index (χ0v) is 14.6. The van der Waals surface area contributed by atoms with Crippen LogP contribution in [0.1, 0.15) is 34.1 Å². The van der Waals surface area contributed by atoms with Crippen LogP contribution in [0, 0.1) is 0 Å². The summed E-state index contributed by atoms with van der Waals surface area (Å²) in [6.45, 7) is 1.25. The Hall–Kier alpha value is -2.11. The first kappa shape index (κ1) is 18.7. The van der Waals surface area contributed by atoms with E-state index >= 15 is 0 Å². The third-order valence-electron chi connectivity index (χ3n) is 4.62. The minimum Gasteiger partial charge on any atom is -0.507 e. The molecule has 26 heavy (non-hydrogen) atoms. The molecule has 0 radical (unpaired) electrons. The number of aromatic hydroxyl groups is 1. The van der Waals surface area contributed by atoms with E-state index in [1.807, 2.05) is 0 Å². The normalized spacial score (nSPS) is 29.3. The van der Waals surface area contributed by atoms with E-state index in [0.717, 1.165) is 6.07 Å². The van der Waals surface area contributed by atoms with Gasteiger partial charge in [0, 0.05) is 29.2 Å². The van der Waals surface area contributed by atoms with Crippen LogP contribution in [-0.4, -0.2) is 60.6 Å². The first-order valence-electron chi connectivity index (χ1n) is 7.51. The highest BCUT2D eigenvalue weighted by atomic mass is 32.2. The molecule has 4 N–H and O–H groups in total. The lowest BCUT2D eigenvalue weighted by atomic mass is 9.69. The summed E-state index contributed by atoms with van der Waals surface area (Å²) in [6.07, 6.45) is -3.67. The van der Waals surface area contributed by atoms with Crippen molar-refractivity contribution in [2.45, 2.75) is 31.2 Å². The van der Waals surface area contributed by atoms with Crippen molar-refractivity contribution in [3.05, 3.63) is 34.4 Å². The van der Waals surface area contributed by atoms with Gasteiger partial charge in [0.1, 0.15) is 23.2 Å². The summed E-state index contributed by atoms with van der Waals surface area (Å²) < 4.78 is 29.8. The van der Waals surface area contributed by atoms with Crippen LogP contribution in [0.25, 0.3) is 0 Å². The van der Waals surface area contributed by atoms with Crippen LogP contribution in [0.5, 0.6) is 11.5 Å². The van der Waals surface area contributed by atoms with Gasteiger partial charge < -0.3 is 20.1 Å². The molecule has 0 saturated heterocycles. The van der Waals surface area contributed by atoms with Gasteiger partial charge in [-0.25, -0.2) is 0 Å². The number of aliphatic hydroxyl groups excluding tert-OH is 2. The van der Waals surface area contributed by atoms with E-state index in [0.29, 0.717) is 0 Å². The number of Topliss-reactive ketones (excluding diaryl/α,β-unsaturated/α-hetero) is 2. The average Bonchev–Trinajstić information content (AvgIpc) is 2.54. The Kier molecular flexibility index (Phi) is 4.49. The molecular formula is C16H16O9S. The fourth-order valence-electron chi connectivity index (χ4n) is 3.41. The number of rotatable bonds is 3. The van der Waals surface area contributed by atoms with E-state index in [-0.39, 0.29) is 22.4 Å². The second-order valence-electron chi connectivity index (χ2n) is 6.29. The van der Waals surface area contributed by atoms with E-state index in [2.05, 4.69) is 0 Å². The standard InChI is InChI=1S/C16H16O9S/c1-16(25-26(22)23)5-9(18)11-12(15(16)21)13(19)7-3-6(24-2)4-8(17)10(7)14(11)20/h3-4,9,15,17-18,21H,5H2,1-2H3,(H,22,23)/t9-,15?,16+/m0/s1. The number of ketones is 2. The Bertz CT molecular complexity index is 875. The van der Waals surface area contributed by atoms with Gasteiger partial charge >= 0.3 is 11.4 Å². The Morgan fingerprint density at radius 1 is 1.19 bits per heavy atom. The second kappa shape index (κ2) is 6.25. The van der Waals surface area contributed by atoms with Crippen LogP contribution in [0.4, 0.5) is 0 Å². The van der Waals surface area contributed by atoms with Crippen molar-refractivity contribution in [2.75, 3.05) is 7.11 Å². The first-order valence-corrected chi connectivity index (χ1v) is 8.54. The molecule has 0 saturated carbocycles. The number of phenols is 1. The highest BCUT2D eigenvalue weighted by Crippen LogP contribution is 2.44. The van der Waals surface area contributed by atoms with Crippen molar-refractivity contribution in [1.82, 2.24) is 0 Å². The molecule has 0 amide bonds. The highest BCUT2D eigenvalue weighted by molar-refractivity contribution is 7.74. The van der Waals surface area contributed by atoms with Crippen molar-refractivity contribution in [3.63, 3.8) is 0 Å². The van der Waals surface area contributed by atoms with Crippen LogP contribution >= 0.6 is 0 Å². The summed E-state index contributed by atoms with van der Waals surface area (Å²) in [4.78, 5) is 25.7. The predicted molar refractivity (Wildman–Crippen MR) is 87.2 cm³/mol. The smallest absolute Gasteiger partial charge is 0.302 e. The number of carbonyl (C=O) groups is 2. The van der Waals surface area contributed by atoms with Gasteiger partial charge in [0.05, 0.1) is 18.8 Å². The number of phenolic OH excluding ortho intramolecular Hbond substituents is 1. The lowest BCUT2D eigenvalue weighted by molar-refractivity contribution is -0.0546. The molecule has 0 aliphatic heterocycles.